The molecule has 3 radical (unpaired) electrons. The molecule has 1 unspecified atom stereocenters. The molecule has 2 saturated heterocycles. The van der Waals surface area contributed by atoms with E-state index in [0.29, 0.717) is 6.10 Å². The second kappa shape index (κ2) is 5.77. The van der Waals surface area contributed by atoms with Gasteiger partial charge in [0.1, 0.15) is 0 Å². The molecule has 2 heterocycles. The Morgan fingerprint density at radius 2 is 1.86 bits per heavy atom. The monoisotopic (exact) mass is 391 g/mol. The van der Waals surface area contributed by atoms with E-state index in [0.717, 1.165) is 6.61 Å². The summed E-state index contributed by atoms with van der Waals surface area (Å²) < 4.78 is 7.00. The Kier molecular flexibility index (Phi) is 4.65. The van der Waals surface area contributed by atoms with E-state index in [-0.39, 0.29) is 0 Å². The molecule has 4 heteroatoms. The molecule has 0 amide bonds. The topological polar surface area (TPSA) is 15.7 Å². The molecular formula is C10H19N2OPb. The second-order valence-corrected chi connectivity index (χ2v) is 5.44. The molecule has 14 heavy (non-hydrogen) atoms. The number of ether oxygens (including phenoxy) is 1. The average molecular weight is 390 g/mol. The van der Waals surface area contributed by atoms with Crippen LogP contribution in [0.2, 0.25) is 0 Å². The van der Waals surface area contributed by atoms with Gasteiger partial charge in [0.15, 0.2) is 0 Å². The average Bonchev–Trinajstić information content (AvgIpc) is 2.72. The van der Waals surface area contributed by atoms with Gasteiger partial charge in [0.25, 0.3) is 0 Å². The zero-order valence-electron chi connectivity index (χ0n) is 8.74. The van der Waals surface area contributed by atoms with Gasteiger partial charge < -0.3 is 0 Å². The van der Waals surface area contributed by atoms with Crippen LogP contribution < -0.4 is 0 Å². The number of nitrogens with zero attached hydrogens (tertiary/aromatic N) is 2. The third-order valence-corrected chi connectivity index (χ3v) is 4.91. The Morgan fingerprint density at radius 1 is 1.14 bits per heavy atom. The fourth-order valence-corrected chi connectivity index (χ4v) is 3.44. The maximum absolute atomic E-state index is 5.66. The van der Waals surface area contributed by atoms with Gasteiger partial charge in [-0.15, -0.1) is 0 Å². The summed E-state index contributed by atoms with van der Waals surface area (Å²) in [6.07, 6.45) is 3.09. The Morgan fingerprint density at radius 3 is 2.43 bits per heavy atom. The number of piperazine rings is 1. The molecule has 2 fully saturated rings. The molecule has 79 valence electrons. The molecule has 0 aromatic heterocycles. The van der Waals surface area contributed by atoms with Crippen LogP contribution in [0.5, 0.6) is 0 Å². The van der Waals surface area contributed by atoms with Crippen molar-refractivity contribution in [2.75, 3.05) is 43.4 Å². The third kappa shape index (κ3) is 3.15. The van der Waals surface area contributed by atoms with Crippen LogP contribution in [-0.2, 0) is 4.74 Å². The van der Waals surface area contributed by atoms with Crippen LogP contribution in [0.4, 0.5) is 0 Å². The van der Waals surface area contributed by atoms with Crippen molar-refractivity contribution >= 4 is 25.8 Å². The Hall–Kier alpha value is 0.802. The van der Waals surface area contributed by atoms with Crippen molar-refractivity contribution in [2.45, 2.75) is 18.9 Å². The molecule has 0 saturated carbocycles. The molecule has 2 aliphatic rings. The minimum atomic E-state index is 0.539. The summed E-state index contributed by atoms with van der Waals surface area (Å²) in [4.78, 5) is 5.15. The molecule has 0 aromatic rings. The molecule has 3 nitrogen and oxygen atoms in total. The SMILES string of the molecule is [Pb][CH2]N1CCN(CC2CCCO2)CC1. The molecule has 0 spiro atoms. The molecule has 1 atom stereocenters. The van der Waals surface area contributed by atoms with E-state index >= 15 is 0 Å². The van der Waals surface area contributed by atoms with E-state index < -0.39 is 0 Å². The first kappa shape index (κ1) is 11.3. The van der Waals surface area contributed by atoms with Gasteiger partial charge in [0.05, 0.1) is 0 Å². The Bertz CT molecular complexity index is 166. The normalized spacial score (nSPS) is 31.1. The van der Waals surface area contributed by atoms with Gasteiger partial charge >= 0.3 is 103 Å². The number of hydrogen-bond donors (Lipinski definition) is 0. The standard InChI is InChI=1S/C10H19N2O.Pb/c1-11-4-6-12(7-5-11)9-10-3-2-8-13-10;/h10H,1-9H2;. The van der Waals surface area contributed by atoms with Crippen molar-refractivity contribution in [2.24, 2.45) is 0 Å². The van der Waals surface area contributed by atoms with Gasteiger partial charge in [-0.2, -0.15) is 0 Å². The zero-order valence-corrected chi connectivity index (χ0v) is 12.6. The number of rotatable bonds is 3. The van der Waals surface area contributed by atoms with Gasteiger partial charge in [-0.3, -0.25) is 0 Å². The fraction of sp³-hybridized carbons (Fsp3) is 1.00. The molecule has 0 aliphatic carbocycles. The van der Waals surface area contributed by atoms with Crippen molar-refractivity contribution in [1.82, 2.24) is 9.80 Å². The van der Waals surface area contributed by atoms with Crippen molar-refractivity contribution in [3.8, 4) is 0 Å². The van der Waals surface area contributed by atoms with Crippen molar-refractivity contribution in [3.63, 3.8) is 0 Å². The first-order valence-electron chi connectivity index (χ1n) is 5.59. The predicted octanol–water partition coefficient (Wildman–Crippen LogP) is -0.0910. The summed E-state index contributed by atoms with van der Waals surface area (Å²) in [5.74, 6) is 0. The quantitative estimate of drug-likeness (QED) is 0.627. The van der Waals surface area contributed by atoms with Gasteiger partial charge in [0.2, 0.25) is 0 Å². The van der Waals surface area contributed by atoms with Crippen molar-refractivity contribution in [1.29, 1.82) is 0 Å². The van der Waals surface area contributed by atoms with Crippen LogP contribution in [0.3, 0.4) is 0 Å². The van der Waals surface area contributed by atoms with E-state index in [1.165, 1.54) is 75.4 Å². The van der Waals surface area contributed by atoms with Crippen LogP contribution in [0.1, 0.15) is 12.8 Å². The van der Waals surface area contributed by atoms with E-state index in [2.05, 4.69) is 9.80 Å². The van der Waals surface area contributed by atoms with E-state index in [1.807, 2.05) is 0 Å². The summed E-state index contributed by atoms with van der Waals surface area (Å²) in [6.45, 7) is 7.22. The van der Waals surface area contributed by atoms with E-state index in [4.69, 9.17) is 4.74 Å². The fourth-order valence-electron chi connectivity index (χ4n) is 2.21. The van der Waals surface area contributed by atoms with Gasteiger partial charge in [0, 0.05) is 0 Å². The van der Waals surface area contributed by atoms with Gasteiger partial charge in [-0.1, -0.05) is 0 Å². The van der Waals surface area contributed by atoms with E-state index in [1.54, 1.807) is 0 Å². The minimum absolute atomic E-state index is 0.539. The van der Waals surface area contributed by atoms with Crippen LogP contribution in [0.15, 0.2) is 0 Å². The van der Waals surface area contributed by atoms with Crippen LogP contribution in [0.25, 0.3) is 0 Å². The predicted molar refractivity (Wildman–Crippen MR) is 57.6 cm³/mol. The molecule has 2 rings (SSSR count). The first-order chi connectivity index (χ1) is 6.88. The third-order valence-electron chi connectivity index (χ3n) is 3.17. The summed E-state index contributed by atoms with van der Waals surface area (Å²) in [6, 6.07) is 0. The summed E-state index contributed by atoms with van der Waals surface area (Å²) >= 11 is 1.32. The number of hydrogen-bond acceptors (Lipinski definition) is 3. The summed E-state index contributed by atoms with van der Waals surface area (Å²) in [5.41, 5.74) is 0. The summed E-state index contributed by atoms with van der Waals surface area (Å²) in [5, 5.41) is 0. The van der Waals surface area contributed by atoms with Crippen LogP contribution in [-0.4, -0.2) is 85.1 Å². The van der Waals surface area contributed by atoms with Gasteiger partial charge in [-0.05, 0) is 0 Å². The van der Waals surface area contributed by atoms with Crippen LogP contribution >= 0.6 is 0 Å². The van der Waals surface area contributed by atoms with Gasteiger partial charge in [-0.25, -0.2) is 0 Å². The molecule has 0 N–H and O–H groups in total. The van der Waals surface area contributed by atoms with E-state index in [9.17, 15) is 0 Å². The van der Waals surface area contributed by atoms with Crippen molar-refractivity contribution in [3.05, 3.63) is 0 Å². The zero-order chi connectivity index (χ0) is 9.80. The summed E-state index contributed by atoms with van der Waals surface area (Å²) in [7, 11) is 0. The molecule has 0 aromatic carbocycles. The Labute approximate surface area is 102 Å². The molecule has 2 aliphatic heterocycles. The maximum atomic E-state index is 5.66. The van der Waals surface area contributed by atoms with Crippen molar-refractivity contribution < 1.29 is 4.74 Å². The first-order valence-corrected chi connectivity index (χ1v) is 8.34. The molecule has 0 bridgehead atoms. The second-order valence-electron chi connectivity index (χ2n) is 4.21. The van der Waals surface area contributed by atoms with Crippen LogP contribution in [0, 0.1) is 0 Å². The molecular weight excluding hydrogens is 371 g/mol. The Balaban J connectivity index is 1.67.